The van der Waals surface area contributed by atoms with Gasteiger partial charge in [-0.2, -0.15) is 0 Å². The van der Waals surface area contributed by atoms with E-state index in [-0.39, 0.29) is 18.5 Å². The van der Waals surface area contributed by atoms with Crippen LogP contribution in [0, 0.1) is 0 Å². The monoisotopic (exact) mass is 349 g/mol. The van der Waals surface area contributed by atoms with E-state index in [4.69, 9.17) is 21.1 Å². The number of rotatable bonds is 7. The molecule has 0 aliphatic rings. The van der Waals surface area contributed by atoms with Crippen molar-refractivity contribution in [3.63, 3.8) is 0 Å². The van der Waals surface area contributed by atoms with E-state index in [9.17, 15) is 4.79 Å². The van der Waals surface area contributed by atoms with Crippen molar-refractivity contribution in [2.24, 2.45) is 0 Å². The zero-order valence-corrected chi connectivity index (χ0v) is 14.8. The van der Waals surface area contributed by atoms with Gasteiger partial charge in [-0.05, 0) is 25.1 Å². The van der Waals surface area contributed by atoms with Gasteiger partial charge in [-0.3, -0.25) is 4.79 Å². The molecule has 0 fully saturated rings. The number of hydrogen-bond donors (Lipinski definition) is 2. The van der Waals surface area contributed by atoms with Gasteiger partial charge in [0, 0.05) is 16.7 Å². The van der Waals surface area contributed by atoms with Gasteiger partial charge in [0.1, 0.15) is 17.5 Å². The lowest BCUT2D eigenvalue weighted by atomic mass is 10.1. The molecule has 0 heterocycles. The molecule has 0 spiro atoms. The summed E-state index contributed by atoms with van der Waals surface area (Å²) in [6.07, 6.45) is 0. The Hall–Kier alpha value is -2.24. The van der Waals surface area contributed by atoms with Crippen molar-refractivity contribution in [3.05, 3.63) is 53.1 Å². The average Bonchev–Trinajstić information content (AvgIpc) is 2.60. The Labute approximate surface area is 146 Å². The van der Waals surface area contributed by atoms with Crippen LogP contribution in [0.2, 0.25) is 5.02 Å². The van der Waals surface area contributed by atoms with E-state index in [2.05, 4.69) is 5.32 Å². The van der Waals surface area contributed by atoms with Crippen molar-refractivity contribution < 1.29 is 19.6 Å². The van der Waals surface area contributed by atoms with Crippen molar-refractivity contribution in [3.8, 4) is 11.5 Å². The lowest BCUT2D eigenvalue weighted by Gasteiger charge is -2.14. The number of methoxy groups -OCH3 is 2. The molecule has 1 amide bonds. The first-order chi connectivity index (χ1) is 11.5. The van der Waals surface area contributed by atoms with Gasteiger partial charge in [-0.1, -0.05) is 29.8 Å². The first kappa shape index (κ1) is 18.1. The quantitative estimate of drug-likeness (QED) is 0.807. The maximum absolute atomic E-state index is 12.2. The average molecular weight is 350 g/mol. The van der Waals surface area contributed by atoms with Gasteiger partial charge in [0.2, 0.25) is 0 Å². The molecule has 0 aromatic heterocycles. The van der Waals surface area contributed by atoms with E-state index in [1.807, 2.05) is 36.5 Å². The summed E-state index contributed by atoms with van der Waals surface area (Å²) in [5.74, 6) is 1.11. The summed E-state index contributed by atoms with van der Waals surface area (Å²) >= 11 is 6.18. The topological polar surface area (TPSA) is 64.2 Å². The normalized spacial score (nSPS) is 11.7. The Morgan fingerprint density at radius 1 is 1.21 bits per heavy atom. The number of amides is 1. The maximum atomic E-state index is 12.2. The first-order valence-corrected chi connectivity index (χ1v) is 8.02. The van der Waals surface area contributed by atoms with Crippen molar-refractivity contribution >= 4 is 23.2 Å². The number of carbonyl (C=O) groups is 1. The predicted molar refractivity (Wildman–Crippen MR) is 94.8 cm³/mol. The Balaban J connectivity index is 1.95. The van der Waals surface area contributed by atoms with Crippen LogP contribution in [0.25, 0.3) is 0 Å². The van der Waals surface area contributed by atoms with Crippen molar-refractivity contribution in [1.82, 2.24) is 0 Å². The lowest BCUT2D eigenvalue weighted by Crippen LogP contribution is -2.86. The fourth-order valence-corrected chi connectivity index (χ4v) is 2.67. The second-order valence-corrected chi connectivity index (χ2v) is 5.77. The smallest absolute Gasteiger partial charge is 0.279 e. The van der Waals surface area contributed by atoms with Crippen LogP contribution >= 0.6 is 11.6 Å². The number of carbonyl (C=O) groups excluding carboxylic acids is 1. The minimum Gasteiger partial charge on any atom is -0.497 e. The Bertz CT molecular complexity index is 706. The summed E-state index contributed by atoms with van der Waals surface area (Å²) in [6.45, 7) is 2.30. The molecule has 0 aliphatic heterocycles. The zero-order valence-electron chi connectivity index (χ0n) is 14.0. The molecular formula is C18H22ClN2O3+. The largest absolute Gasteiger partial charge is 0.497 e. The standard InChI is InChI=1S/C18H21ClN2O3/c1-12(14-6-4-5-7-15(14)19)20-11-18(22)21-16-9-8-13(23-2)10-17(16)24-3/h4-10,12,20H,11H2,1-3H3,(H,21,22)/p+1/t12-/m0/s1. The van der Waals surface area contributed by atoms with E-state index < -0.39 is 0 Å². The Morgan fingerprint density at radius 3 is 2.62 bits per heavy atom. The fraction of sp³-hybridized carbons (Fsp3) is 0.278. The molecular weight excluding hydrogens is 328 g/mol. The van der Waals surface area contributed by atoms with Crippen LogP contribution in [0.3, 0.4) is 0 Å². The number of ether oxygens (including phenoxy) is 2. The molecule has 0 bridgehead atoms. The van der Waals surface area contributed by atoms with Crippen molar-refractivity contribution in [2.45, 2.75) is 13.0 Å². The number of anilines is 1. The molecule has 128 valence electrons. The molecule has 0 radical (unpaired) electrons. The minimum atomic E-state index is -0.114. The van der Waals surface area contributed by atoms with Crippen LogP contribution in [0.1, 0.15) is 18.5 Å². The number of benzene rings is 2. The molecule has 1 atom stereocenters. The molecule has 5 nitrogen and oxygen atoms in total. The lowest BCUT2D eigenvalue weighted by molar-refractivity contribution is -0.682. The van der Waals surface area contributed by atoms with Crippen LogP contribution in [-0.2, 0) is 4.79 Å². The summed E-state index contributed by atoms with van der Waals surface area (Å²) in [4.78, 5) is 12.2. The van der Waals surface area contributed by atoms with Gasteiger partial charge < -0.3 is 20.1 Å². The summed E-state index contributed by atoms with van der Waals surface area (Å²) in [7, 11) is 3.13. The summed E-state index contributed by atoms with van der Waals surface area (Å²) < 4.78 is 10.4. The highest BCUT2D eigenvalue weighted by molar-refractivity contribution is 6.31. The van der Waals surface area contributed by atoms with Gasteiger partial charge in [0.25, 0.3) is 5.91 Å². The van der Waals surface area contributed by atoms with Crippen molar-refractivity contribution in [1.29, 1.82) is 0 Å². The number of halogens is 1. The van der Waals surface area contributed by atoms with Gasteiger partial charge in [-0.15, -0.1) is 0 Å². The Kier molecular flexibility index (Phi) is 6.46. The summed E-state index contributed by atoms with van der Waals surface area (Å²) in [5.41, 5.74) is 1.62. The maximum Gasteiger partial charge on any atom is 0.279 e. The molecule has 0 unspecified atom stereocenters. The molecule has 6 heteroatoms. The third-order valence-corrected chi connectivity index (χ3v) is 4.08. The molecule has 3 N–H and O–H groups in total. The summed E-state index contributed by atoms with van der Waals surface area (Å²) in [6, 6.07) is 13.0. The summed E-state index contributed by atoms with van der Waals surface area (Å²) in [5, 5.41) is 5.49. The number of nitrogens with one attached hydrogen (secondary N) is 1. The molecule has 24 heavy (non-hydrogen) atoms. The van der Waals surface area contributed by atoms with E-state index in [0.717, 1.165) is 5.56 Å². The van der Waals surface area contributed by atoms with Crippen LogP contribution < -0.4 is 20.1 Å². The number of quaternary nitrogens is 1. The third kappa shape index (κ3) is 4.63. The number of nitrogens with two attached hydrogens (primary N) is 1. The second-order valence-electron chi connectivity index (χ2n) is 5.36. The highest BCUT2D eigenvalue weighted by atomic mass is 35.5. The highest BCUT2D eigenvalue weighted by Gasteiger charge is 2.15. The molecule has 0 saturated heterocycles. The van der Waals surface area contributed by atoms with Crippen LogP contribution in [0.4, 0.5) is 5.69 Å². The van der Waals surface area contributed by atoms with Crippen LogP contribution in [-0.4, -0.2) is 26.7 Å². The van der Waals surface area contributed by atoms with E-state index in [0.29, 0.717) is 22.2 Å². The molecule has 0 aliphatic carbocycles. The van der Waals surface area contributed by atoms with Crippen LogP contribution in [0.15, 0.2) is 42.5 Å². The zero-order chi connectivity index (χ0) is 17.5. The first-order valence-electron chi connectivity index (χ1n) is 7.64. The number of hydrogen-bond acceptors (Lipinski definition) is 3. The highest BCUT2D eigenvalue weighted by Crippen LogP contribution is 2.28. The minimum absolute atomic E-state index is 0.0854. The molecule has 0 saturated carbocycles. The van der Waals surface area contributed by atoms with Gasteiger partial charge in [0.05, 0.1) is 19.9 Å². The van der Waals surface area contributed by atoms with E-state index in [1.54, 1.807) is 32.4 Å². The predicted octanol–water partition coefficient (Wildman–Crippen LogP) is 2.62. The van der Waals surface area contributed by atoms with Crippen molar-refractivity contribution in [2.75, 3.05) is 26.1 Å². The van der Waals surface area contributed by atoms with E-state index in [1.165, 1.54) is 0 Å². The fourth-order valence-electron chi connectivity index (χ4n) is 2.36. The molecule has 2 rings (SSSR count). The van der Waals surface area contributed by atoms with Crippen LogP contribution in [0.5, 0.6) is 11.5 Å². The SMILES string of the molecule is COc1ccc(NC(=O)C[NH2+][C@@H](C)c2ccccc2Cl)c(OC)c1. The Morgan fingerprint density at radius 2 is 1.96 bits per heavy atom. The van der Waals surface area contributed by atoms with Gasteiger partial charge in [-0.25, -0.2) is 0 Å². The molecule has 2 aromatic rings. The molecule has 2 aromatic carbocycles. The second kappa shape index (κ2) is 8.57. The van der Waals surface area contributed by atoms with Gasteiger partial charge >= 0.3 is 0 Å². The third-order valence-electron chi connectivity index (χ3n) is 3.74. The van der Waals surface area contributed by atoms with Gasteiger partial charge in [0.15, 0.2) is 6.54 Å². The van der Waals surface area contributed by atoms with E-state index >= 15 is 0 Å².